The van der Waals surface area contributed by atoms with Crippen LogP contribution < -0.4 is 5.32 Å². The van der Waals surface area contributed by atoms with Gasteiger partial charge >= 0.3 is 0 Å². The number of aromatic nitrogens is 1. The van der Waals surface area contributed by atoms with E-state index in [1.807, 2.05) is 37.3 Å². The average Bonchev–Trinajstić information content (AvgIpc) is 3.43. The molecule has 0 radical (unpaired) electrons. The molecule has 6 heteroatoms. The number of likely N-dealkylation sites (tertiary alicyclic amines) is 1. The van der Waals surface area contributed by atoms with Crippen LogP contribution in [-0.4, -0.2) is 46.4 Å². The van der Waals surface area contributed by atoms with Crippen LogP contribution in [0.4, 0.5) is 0 Å². The number of hydrogen-bond donors (Lipinski definition) is 2. The number of pyridine rings is 1. The Morgan fingerprint density at radius 3 is 2.59 bits per heavy atom. The van der Waals surface area contributed by atoms with Crippen molar-refractivity contribution >= 4 is 17.4 Å². The highest BCUT2D eigenvalue weighted by Crippen LogP contribution is 2.46. The second kappa shape index (κ2) is 8.07. The number of nitrogens with one attached hydrogen (secondary N) is 1. The van der Waals surface area contributed by atoms with Gasteiger partial charge in [-0.1, -0.05) is 35.9 Å². The summed E-state index contributed by atoms with van der Waals surface area (Å²) in [5.41, 5.74) is 3.82. The van der Waals surface area contributed by atoms with Crippen molar-refractivity contribution in [3.8, 4) is 5.75 Å². The fourth-order valence-electron chi connectivity index (χ4n) is 4.08. The normalized spacial score (nSPS) is 19.2. The lowest BCUT2D eigenvalue weighted by atomic mass is 9.96. The highest BCUT2D eigenvalue weighted by atomic mass is 16.3. The topological polar surface area (TPSA) is 82.5 Å². The number of carbonyl (C=O) groups is 2. The zero-order valence-corrected chi connectivity index (χ0v) is 16.5. The molecule has 2 amide bonds. The molecule has 2 aliphatic rings. The van der Waals surface area contributed by atoms with Gasteiger partial charge in [-0.2, -0.15) is 0 Å². The molecule has 1 saturated heterocycles. The predicted octanol–water partition coefficient (Wildman–Crippen LogP) is 2.86. The van der Waals surface area contributed by atoms with Gasteiger partial charge in [0.25, 0.3) is 5.91 Å². The molecule has 2 N–H and O–H groups in total. The second-order valence-electron chi connectivity index (χ2n) is 7.81. The molecule has 1 unspecified atom stereocenters. The standard InChI is InChI=1S/C23H25N3O3/c1-15-20(17-5-3-2-4-6-17)21(15)22(28)25-12-16-7-9-26(10-8-16)23(29)18-11-19(27)14-24-13-18/h2-6,11,13-14,16,21,27H,7-10,12H2,1H3,(H,25,28). The minimum absolute atomic E-state index is 0.00713. The Hall–Kier alpha value is -3.15. The molecule has 6 nitrogen and oxygen atoms in total. The molecule has 1 aromatic carbocycles. The van der Waals surface area contributed by atoms with Gasteiger partial charge in [-0.05, 0) is 42.9 Å². The Kier molecular flexibility index (Phi) is 5.34. The molecule has 0 saturated carbocycles. The van der Waals surface area contributed by atoms with Crippen LogP contribution in [0.25, 0.3) is 5.57 Å². The molecule has 2 aromatic rings. The molecule has 4 rings (SSSR count). The monoisotopic (exact) mass is 391 g/mol. The lowest BCUT2D eigenvalue weighted by molar-refractivity contribution is -0.121. The fraction of sp³-hybridized carbons (Fsp3) is 0.348. The van der Waals surface area contributed by atoms with E-state index in [4.69, 9.17) is 0 Å². The van der Waals surface area contributed by atoms with Gasteiger partial charge in [0.05, 0.1) is 17.7 Å². The van der Waals surface area contributed by atoms with Gasteiger partial charge in [0, 0.05) is 25.8 Å². The summed E-state index contributed by atoms with van der Waals surface area (Å²) in [5, 5.41) is 12.6. The van der Waals surface area contributed by atoms with E-state index in [-0.39, 0.29) is 23.5 Å². The van der Waals surface area contributed by atoms with Crippen molar-refractivity contribution in [1.82, 2.24) is 15.2 Å². The van der Waals surface area contributed by atoms with Crippen LogP contribution in [0, 0.1) is 11.8 Å². The fourth-order valence-corrected chi connectivity index (χ4v) is 4.08. The van der Waals surface area contributed by atoms with Gasteiger partial charge in [0.1, 0.15) is 5.75 Å². The van der Waals surface area contributed by atoms with Crippen molar-refractivity contribution < 1.29 is 14.7 Å². The second-order valence-corrected chi connectivity index (χ2v) is 7.81. The van der Waals surface area contributed by atoms with Crippen LogP contribution in [0.5, 0.6) is 5.75 Å². The smallest absolute Gasteiger partial charge is 0.255 e. The van der Waals surface area contributed by atoms with Crippen molar-refractivity contribution in [3.63, 3.8) is 0 Å². The summed E-state index contributed by atoms with van der Waals surface area (Å²) in [4.78, 5) is 30.8. The molecular formula is C23H25N3O3. The third-order valence-electron chi connectivity index (χ3n) is 5.85. The van der Waals surface area contributed by atoms with Gasteiger partial charge < -0.3 is 15.3 Å². The van der Waals surface area contributed by atoms with Gasteiger partial charge in [0.15, 0.2) is 0 Å². The van der Waals surface area contributed by atoms with Crippen LogP contribution in [0.3, 0.4) is 0 Å². The van der Waals surface area contributed by atoms with E-state index < -0.39 is 0 Å². The Morgan fingerprint density at radius 1 is 1.17 bits per heavy atom. The van der Waals surface area contributed by atoms with Crippen LogP contribution in [0.1, 0.15) is 35.7 Å². The lowest BCUT2D eigenvalue weighted by Crippen LogP contribution is -2.42. The van der Waals surface area contributed by atoms with E-state index in [1.54, 1.807) is 4.90 Å². The molecule has 29 heavy (non-hydrogen) atoms. The maximum absolute atomic E-state index is 12.6. The Bertz CT molecular complexity index is 947. The predicted molar refractivity (Wildman–Crippen MR) is 110 cm³/mol. The number of benzene rings is 1. The first-order valence-corrected chi connectivity index (χ1v) is 10.0. The maximum atomic E-state index is 12.6. The van der Waals surface area contributed by atoms with Crippen molar-refractivity contribution in [2.75, 3.05) is 19.6 Å². The van der Waals surface area contributed by atoms with Crippen LogP contribution >= 0.6 is 0 Å². The SMILES string of the molecule is CC1=C(c2ccccc2)C1C(=O)NCC1CCN(C(=O)c2cncc(O)c2)CC1. The van der Waals surface area contributed by atoms with E-state index in [1.165, 1.54) is 18.5 Å². The van der Waals surface area contributed by atoms with Crippen molar-refractivity contribution in [2.24, 2.45) is 11.8 Å². The van der Waals surface area contributed by atoms with Gasteiger partial charge in [-0.3, -0.25) is 14.6 Å². The summed E-state index contributed by atoms with van der Waals surface area (Å²) in [5.74, 6) is 0.223. The van der Waals surface area contributed by atoms with Crippen LogP contribution in [0.2, 0.25) is 0 Å². The Morgan fingerprint density at radius 2 is 1.90 bits per heavy atom. The quantitative estimate of drug-likeness (QED) is 0.821. The molecule has 2 heterocycles. The zero-order chi connectivity index (χ0) is 20.4. The van der Waals surface area contributed by atoms with Gasteiger partial charge in [-0.15, -0.1) is 0 Å². The van der Waals surface area contributed by atoms with Crippen molar-refractivity contribution in [1.29, 1.82) is 0 Å². The molecule has 0 bridgehead atoms. The first-order valence-electron chi connectivity index (χ1n) is 10.0. The molecule has 1 aromatic heterocycles. The lowest BCUT2D eigenvalue weighted by Gasteiger charge is -2.32. The van der Waals surface area contributed by atoms with E-state index in [2.05, 4.69) is 10.3 Å². The third kappa shape index (κ3) is 4.16. The number of carbonyl (C=O) groups excluding carboxylic acids is 2. The molecule has 1 fully saturated rings. The highest BCUT2D eigenvalue weighted by molar-refractivity contribution is 6.05. The summed E-state index contributed by atoms with van der Waals surface area (Å²) in [6, 6.07) is 11.5. The Balaban J connectivity index is 1.24. The molecule has 150 valence electrons. The summed E-state index contributed by atoms with van der Waals surface area (Å²) >= 11 is 0. The molecule has 1 atom stereocenters. The minimum atomic E-state index is -0.110. The van der Waals surface area contributed by atoms with Crippen molar-refractivity contribution in [2.45, 2.75) is 19.8 Å². The van der Waals surface area contributed by atoms with E-state index in [0.717, 1.165) is 29.6 Å². The third-order valence-corrected chi connectivity index (χ3v) is 5.85. The summed E-state index contributed by atoms with van der Waals surface area (Å²) in [6.45, 7) is 3.95. The Labute approximate surface area is 170 Å². The number of hydrogen-bond acceptors (Lipinski definition) is 4. The van der Waals surface area contributed by atoms with Gasteiger partial charge in [0.2, 0.25) is 5.91 Å². The molecule has 1 aliphatic carbocycles. The average molecular weight is 391 g/mol. The molecular weight excluding hydrogens is 366 g/mol. The highest BCUT2D eigenvalue weighted by Gasteiger charge is 2.39. The number of amides is 2. The van der Waals surface area contributed by atoms with Crippen LogP contribution in [0.15, 0.2) is 54.4 Å². The molecule has 1 aliphatic heterocycles. The number of nitrogens with zero attached hydrogens (tertiary/aromatic N) is 2. The first-order chi connectivity index (χ1) is 14.0. The summed E-state index contributed by atoms with van der Waals surface area (Å²) in [6.07, 6.45) is 4.48. The largest absolute Gasteiger partial charge is 0.506 e. The number of piperidine rings is 1. The van der Waals surface area contributed by atoms with Gasteiger partial charge in [-0.25, -0.2) is 0 Å². The van der Waals surface area contributed by atoms with E-state index in [0.29, 0.717) is 31.1 Å². The first kappa shape index (κ1) is 19.2. The number of aromatic hydroxyl groups is 1. The summed E-state index contributed by atoms with van der Waals surface area (Å²) < 4.78 is 0. The number of rotatable bonds is 5. The zero-order valence-electron chi connectivity index (χ0n) is 16.5. The summed E-state index contributed by atoms with van der Waals surface area (Å²) in [7, 11) is 0. The minimum Gasteiger partial charge on any atom is -0.506 e. The molecule has 0 spiro atoms. The maximum Gasteiger partial charge on any atom is 0.255 e. The van der Waals surface area contributed by atoms with E-state index >= 15 is 0 Å². The van der Waals surface area contributed by atoms with Crippen molar-refractivity contribution in [3.05, 3.63) is 65.5 Å². The van der Waals surface area contributed by atoms with E-state index in [9.17, 15) is 14.7 Å². The van der Waals surface area contributed by atoms with Crippen LogP contribution in [-0.2, 0) is 4.79 Å².